The zero-order chi connectivity index (χ0) is 27.1. The van der Waals surface area contributed by atoms with Crippen LogP contribution in [0.5, 0.6) is 0 Å². The fraction of sp³-hybridized carbons (Fsp3) is 0.567. The molecule has 5 rings (SSSR count). The van der Waals surface area contributed by atoms with E-state index in [2.05, 4.69) is 6.92 Å². The first-order chi connectivity index (χ1) is 18.3. The van der Waals surface area contributed by atoms with Crippen molar-refractivity contribution in [1.82, 2.24) is 14.7 Å². The second kappa shape index (κ2) is 10.3. The van der Waals surface area contributed by atoms with Crippen LogP contribution in [0.15, 0.2) is 54.6 Å². The number of ether oxygens (including phenoxy) is 1. The third-order valence-corrected chi connectivity index (χ3v) is 8.78. The highest BCUT2D eigenvalue weighted by Crippen LogP contribution is 2.58. The molecule has 2 saturated heterocycles. The van der Waals surface area contributed by atoms with Crippen LogP contribution in [0.3, 0.4) is 0 Å². The summed E-state index contributed by atoms with van der Waals surface area (Å²) in [7, 11) is 0. The molecule has 1 spiro atoms. The molecule has 4 heterocycles. The molecule has 1 unspecified atom stereocenters. The molecule has 1 N–H and O–H groups in total. The molecule has 1 aromatic carbocycles. The van der Waals surface area contributed by atoms with Crippen molar-refractivity contribution < 1.29 is 24.2 Å². The molecule has 38 heavy (non-hydrogen) atoms. The lowest BCUT2D eigenvalue weighted by Gasteiger charge is -2.40. The van der Waals surface area contributed by atoms with Gasteiger partial charge in [0.15, 0.2) is 0 Å². The van der Waals surface area contributed by atoms with Gasteiger partial charge in [-0.15, -0.1) is 0 Å². The van der Waals surface area contributed by atoms with Crippen LogP contribution in [0.4, 0.5) is 0 Å². The first kappa shape index (κ1) is 26.6. The van der Waals surface area contributed by atoms with E-state index in [-0.39, 0.29) is 24.3 Å². The third kappa shape index (κ3) is 4.00. The van der Waals surface area contributed by atoms with Gasteiger partial charge in [-0.3, -0.25) is 14.4 Å². The number of aliphatic hydroxyl groups is 1. The third-order valence-electron chi connectivity index (χ3n) is 8.78. The quantitative estimate of drug-likeness (QED) is 0.531. The Bertz CT molecular complexity index is 1140. The summed E-state index contributed by atoms with van der Waals surface area (Å²) in [4.78, 5) is 47.8. The molecule has 204 valence electrons. The Morgan fingerprint density at radius 2 is 1.68 bits per heavy atom. The Balaban J connectivity index is 1.61. The van der Waals surface area contributed by atoms with Gasteiger partial charge in [0, 0.05) is 26.2 Å². The highest BCUT2D eigenvalue weighted by molar-refractivity contribution is 6.00. The van der Waals surface area contributed by atoms with Gasteiger partial charge in [0.05, 0.1) is 30.1 Å². The van der Waals surface area contributed by atoms with E-state index in [0.717, 1.165) is 18.4 Å². The highest BCUT2D eigenvalue weighted by atomic mass is 16.5. The number of benzene rings is 1. The predicted octanol–water partition coefficient (Wildman–Crippen LogP) is 2.53. The number of nitrogens with zero attached hydrogens (tertiary/aromatic N) is 3. The molecule has 8 nitrogen and oxygen atoms in total. The monoisotopic (exact) mass is 521 g/mol. The number of carbonyl (C=O) groups is 3. The van der Waals surface area contributed by atoms with Gasteiger partial charge in [-0.05, 0) is 25.3 Å². The number of unbranched alkanes of at least 4 members (excludes halogenated alkanes) is 1. The molecular formula is C30H39N3O5. The second-order valence-electron chi connectivity index (χ2n) is 11.0. The molecule has 2 fully saturated rings. The van der Waals surface area contributed by atoms with E-state index in [0.29, 0.717) is 32.6 Å². The Kier molecular flexibility index (Phi) is 7.22. The van der Waals surface area contributed by atoms with E-state index < -0.39 is 35.1 Å². The summed E-state index contributed by atoms with van der Waals surface area (Å²) in [5.74, 6) is -2.25. The average Bonchev–Trinajstić information content (AvgIpc) is 3.24. The molecule has 3 amide bonds. The number of amides is 3. The molecule has 0 aliphatic carbocycles. The smallest absolute Gasteiger partial charge is 0.249 e. The van der Waals surface area contributed by atoms with Gasteiger partial charge in [-0.1, -0.05) is 74.9 Å². The minimum Gasteiger partial charge on any atom is -0.394 e. The predicted molar refractivity (Wildman–Crippen MR) is 143 cm³/mol. The van der Waals surface area contributed by atoms with Crippen molar-refractivity contribution in [1.29, 1.82) is 0 Å². The number of likely N-dealkylation sites (tertiary alicyclic amines) is 1. The van der Waals surface area contributed by atoms with E-state index in [1.165, 1.54) is 4.90 Å². The van der Waals surface area contributed by atoms with Gasteiger partial charge in [0.25, 0.3) is 0 Å². The zero-order valence-electron chi connectivity index (χ0n) is 22.6. The maximum atomic E-state index is 14.3. The highest BCUT2D eigenvalue weighted by Gasteiger charge is 2.75. The molecule has 1 aromatic rings. The van der Waals surface area contributed by atoms with E-state index in [1.54, 1.807) is 16.7 Å². The van der Waals surface area contributed by atoms with Crippen LogP contribution < -0.4 is 0 Å². The van der Waals surface area contributed by atoms with Crippen LogP contribution in [-0.2, 0) is 25.7 Å². The van der Waals surface area contributed by atoms with Gasteiger partial charge >= 0.3 is 0 Å². The number of fused-ring (bicyclic) bond motifs is 2. The van der Waals surface area contributed by atoms with E-state index in [4.69, 9.17) is 4.74 Å². The van der Waals surface area contributed by atoms with Gasteiger partial charge in [0.1, 0.15) is 11.6 Å². The van der Waals surface area contributed by atoms with Crippen molar-refractivity contribution in [3.63, 3.8) is 0 Å². The number of rotatable bonds is 8. The molecule has 0 radical (unpaired) electrons. The Morgan fingerprint density at radius 1 is 0.974 bits per heavy atom. The Hall–Kier alpha value is -2.97. The lowest BCUT2D eigenvalue weighted by atomic mass is 9.73. The summed E-state index contributed by atoms with van der Waals surface area (Å²) in [6.07, 6.45) is 10.0. The molecule has 0 aromatic heterocycles. The van der Waals surface area contributed by atoms with Gasteiger partial charge in [0.2, 0.25) is 17.7 Å². The summed E-state index contributed by atoms with van der Waals surface area (Å²) >= 11 is 0. The van der Waals surface area contributed by atoms with Crippen molar-refractivity contribution in [3.05, 3.63) is 60.2 Å². The molecule has 8 heteroatoms. The normalized spacial score (nSPS) is 33.2. The minimum absolute atomic E-state index is 0.138. The van der Waals surface area contributed by atoms with Crippen molar-refractivity contribution in [3.8, 4) is 0 Å². The van der Waals surface area contributed by atoms with Crippen LogP contribution in [0.1, 0.15) is 45.6 Å². The Morgan fingerprint density at radius 3 is 2.37 bits per heavy atom. The summed E-state index contributed by atoms with van der Waals surface area (Å²) in [5.41, 5.74) is -1.28. The number of carbonyl (C=O) groups excluding carboxylic acids is 3. The summed E-state index contributed by atoms with van der Waals surface area (Å²) in [6.45, 7) is 7.36. The number of hydrogen-bond acceptors (Lipinski definition) is 5. The van der Waals surface area contributed by atoms with Gasteiger partial charge < -0.3 is 24.5 Å². The van der Waals surface area contributed by atoms with E-state index in [1.807, 2.05) is 61.6 Å². The average molecular weight is 522 g/mol. The molecule has 0 saturated carbocycles. The molecule has 0 bridgehead atoms. The second-order valence-corrected chi connectivity index (χ2v) is 11.0. The standard InChI is InChI=1S/C30H39N3O5/c1-4-6-16-31-17-11-15-30-24(27(36)33(21(3)20-34)25(30)28(31)37)23-26(35)32(19-22-12-8-7-9-13-22)18-10-14-29(23,5-2)38-30/h7-15,21,23-25,34H,4-6,16-20H2,1-3H3/t21-,23+,24+,25?,29-,30+/m1/s1. The van der Waals surface area contributed by atoms with Crippen molar-refractivity contribution >= 4 is 17.7 Å². The molecule has 6 atom stereocenters. The summed E-state index contributed by atoms with van der Waals surface area (Å²) in [6, 6.07) is 8.29. The minimum atomic E-state index is -1.28. The van der Waals surface area contributed by atoms with Crippen LogP contribution >= 0.6 is 0 Å². The van der Waals surface area contributed by atoms with E-state index in [9.17, 15) is 19.5 Å². The number of hydrogen-bond donors (Lipinski definition) is 1. The fourth-order valence-electron chi connectivity index (χ4n) is 6.85. The van der Waals surface area contributed by atoms with Crippen LogP contribution in [0.2, 0.25) is 0 Å². The maximum absolute atomic E-state index is 14.3. The van der Waals surface area contributed by atoms with Crippen molar-refractivity contribution in [2.75, 3.05) is 26.2 Å². The zero-order valence-corrected chi connectivity index (χ0v) is 22.6. The van der Waals surface area contributed by atoms with Gasteiger partial charge in [-0.2, -0.15) is 0 Å². The Labute approximate surface area is 224 Å². The lowest BCUT2D eigenvalue weighted by Crippen LogP contribution is -2.58. The molecule has 4 aliphatic rings. The number of aliphatic hydroxyl groups excluding tert-OH is 1. The van der Waals surface area contributed by atoms with Crippen molar-refractivity contribution in [2.24, 2.45) is 11.8 Å². The topological polar surface area (TPSA) is 90.4 Å². The lowest BCUT2D eigenvalue weighted by molar-refractivity contribution is -0.157. The van der Waals surface area contributed by atoms with Crippen LogP contribution in [0, 0.1) is 11.8 Å². The first-order valence-corrected chi connectivity index (χ1v) is 13.9. The first-order valence-electron chi connectivity index (χ1n) is 13.9. The largest absolute Gasteiger partial charge is 0.394 e. The molecular weight excluding hydrogens is 482 g/mol. The van der Waals surface area contributed by atoms with Crippen molar-refractivity contribution in [2.45, 2.75) is 69.9 Å². The summed E-state index contributed by atoms with van der Waals surface area (Å²) in [5, 5.41) is 10.1. The van der Waals surface area contributed by atoms with Gasteiger partial charge in [-0.25, -0.2) is 0 Å². The van der Waals surface area contributed by atoms with E-state index >= 15 is 0 Å². The summed E-state index contributed by atoms with van der Waals surface area (Å²) < 4.78 is 6.95. The SMILES string of the molecule is CCCCN1CC=C[C@]23O[C@]4(CC)C=CCN(Cc5ccccc5)C(=O)[C@@H]4[C@H]2C(=O)N([C@H](C)CO)C3C1=O. The maximum Gasteiger partial charge on any atom is 0.249 e. The fourth-order valence-corrected chi connectivity index (χ4v) is 6.85. The van der Waals surface area contributed by atoms with Crippen LogP contribution in [-0.4, -0.2) is 87.1 Å². The molecule has 4 aliphatic heterocycles. The van der Waals surface area contributed by atoms with Crippen LogP contribution in [0.25, 0.3) is 0 Å².